The lowest BCUT2D eigenvalue weighted by molar-refractivity contribution is 0.0597. The van der Waals surface area contributed by atoms with Crippen molar-refractivity contribution in [1.29, 1.82) is 0 Å². The first-order valence-electron chi connectivity index (χ1n) is 8.38. The Morgan fingerprint density at radius 3 is 2.48 bits per heavy atom. The van der Waals surface area contributed by atoms with E-state index in [2.05, 4.69) is 4.90 Å². The first-order chi connectivity index (χ1) is 12.1. The Bertz CT molecular complexity index is 859. The van der Waals surface area contributed by atoms with Crippen molar-refractivity contribution in [3.8, 4) is 0 Å². The Labute approximate surface area is 144 Å². The van der Waals surface area contributed by atoms with Gasteiger partial charge >= 0.3 is 0 Å². The highest BCUT2D eigenvalue weighted by Crippen LogP contribution is 2.33. The van der Waals surface area contributed by atoms with Crippen molar-refractivity contribution in [1.82, 2.24) is 9.80 Å². The fourth-order valence-electron chi connectivity index (χ4n) is 3.70. The topological polar surface area (TPSA) is 87.2 Å². The number of hydrogen-bond acceptors (Lipinski definition) is 6. The molecule has 7 nitrogen and oxygen atoms in total. The molecule has 2 aliphatic rings. The van der Waals surface area contributed by atoms with Gasteiger partial charge in [-0.2, -0.15) is 0 Å². The molecule has 1 saturated heterocycles. The molecule has 0 unspecified atom stereocenters. The van der Waals surface area contributed by atoms with Gasteiger partial charge in [0.15, 0.2) is 0 Å². The molecule has 0 radical (unpaired) electrons. The molecule has 0 aliphatic carbocycles. The van der Waals surface area contributed by atoms with Crippen LogP contribution in [-0.4, -0.2) is 53.0 Å². The first kappa shape index (κ1) is 16.0. The molecule has 0 saturated carbocycles. The maximum absolute atomic E-state index is 12.9. The molecule has 1 N–H and O–H groups in total. The monoisotopic (exact) mass is 340 g/mol. The molecule has 130 valence electrons. The van der Waals surface area contributed by atoms with Crippen molar-refractivity contribution in [2.45, 2.75) is 12.8 Å². The predicted octanol–water partition coefficient (Wildman–Crippen LogP) is 2.22. The zero-order valence-corrected chi connectivity index (χ0v) is 13.6. The van der Waals surface area contributed by atoms with Gasteiger partial charge < -0.3 is 15.3 Å². The van der Waals surface area contributed by atoms with E-state index in [1.54, 1.807) is 18.2 Å². The number of carbonyl (C=O) groups is 2. The summed E-state index contributed by atoms with van der Waals surface area (Å²) in [4.78, 5) is 29.2. The van der Waals surface area contributed by atoms with Crippen LogP contribution in [0.25, 0.3) is 10.8 Å². The number of likely N-dealkylation sites (tertiary alicyclic amines) is 1. The molecule has 25 heavy (non-hydrogen) atoms. The van der Waals surface area contributed by atoms with Crippen molar-refractivity contribution >= 4 is 28.3 Å². The number of benzene rings is 2. The second kappa shape index (κ2) is 6.11. The largest absolute Gasteiger partial charge is 0.733 e. The van der Waals surface area contributed by atoms with Gasteiger partial charge in [-0.15, -0.1) is 0 Å². The fraction of sp³-hybridized carbons (Fsp3) is 0.333. The van der Waals surface area contributed by atoms with E-state index >= 15 is 0 Å². The highest BCUT2D eigenvalue weighted by atomic mass is 16.8. The maximum Gasteiger partial charge on any atom is 0.261 e. The van der Waals surface area contributed by atoms with Crippen LogP contribution in [0, 0.1) is 5.21 Å². The third-order valence-electron chi connectivity index (χ3n) is 4.97. The number of nitrogens with zero attached hydrogens (tertiary/aromatic N) is 3. The van der Waals surface area contributed by atoms with Crippen molar-refractivity contribution in [2.75, 3.05) is 31.4 Å². The highest BCUT2D eigenvalue weighted by molar-refractivity contribution is 6.25. The molecule has 0 atom stereocenters. The summed E-state index contributed by atoms with van der Waals surface area (Å²) in [5.74, 6) is -0.727. The lowest BCUT2D eigenvalue weighted by atomic mass is 9.93. The van der Waals surface area contributed by atoms with Crippen molar-refractivity contribution in [2.24, 2.45) is 0 Å². The molecule has 2 heterocycles. The van der Waals surface area contributed by atoms with E-state index in [1.807, 2.05) is 0 Å². The number of hydrogen-bond donors (Lipinski definition) is 1. The van der Waals surface area contributed by atoms with Gasteiger partial charge in [0.05, 0.1) is 11.3 Å². The van der Waals surface area contributed by atoms with E-state index in [4.69, 9.17) is 0 Å². The van der Waals surface area contributed by atoms with Crippen LogP contribution in [0.2, 0.25) is 0 Å². The van der Waals surface area contributed by atoms with Gasteiger partial charge in [-0.3, -0.25) is 19.7 Å². The van der Waals surface area contributed by atoms with Gasteiger partial charge in [0.1, 0.15) is 0 Å². The molecule has 0 bridgehead atoms. The molecule has 7 heteroatoms. The summed E-state index contributed by atoms with van der Waals surface area (Å²) in [7, 11) is 0. The number of rotatable bonds is 4. The van der Waals surface area contributed by atoms with E-state index in [0.29, 0.717) is 29.4 Å². The Hall–Kier alpha value is -2.48. The normalized spacial score (nSPS) is 17.6. The third kappa shape index (κ3) is 2.66. The van der Waals surface area contributed by atoms with Crippen LogP contribution in [-0.2, 0) is 0 Å². The van der Waals surface area contributed by atoms with Gasteiger partial charge in [-0.1, -0.05) is 12.1 Å². The average Bonchev–Trinajstić information content (AvgIpc) is 3.12. The second-order valence-corrected chi connectivity index (χ2v) is 6.48. The summed E-state index contributed by atoms with van der Waals surface area (Å²) in [6, 6.07) is 7.93. The lowest BCUT2D eigenvalue weighted by Crippen LogP contribution is -2.44. The number of amides is 2. The summed E-state index contributed by atoms with van der Waals surface area (Å²) >= 11 is 0. The molecular formula is C18H18N3O4-. The zero-order chi connectivity index (χ0) is 17.6. The van der Waals surface area contributed by atoms with Gasteiger partial charge in [0.25, 0.3) is 11.8 Å². The molecule has 2 aromatic rings. The van der Waals surface area contributed by atoms with E-state index < -0.39 is 5.91 Å². The quantitative estimate of drug-likeness (QED) is 0.678. The minimum absolute atomic E-state index is 0.0261. The maximum atomic E-state index is 12.9. The molecule has 1 fully saturated rings. The lowest BCUT2D eigenvalue weighted by Gasteiger charge is -2.30. The number of carbonyl (C=O) groups excluding carboxylic acids is 2. The predicted molar refractivity (Wildman–Crippen MR) is 92.6 cm³/mol. The van der Waals surface area contributed by atoms with Gasteiger partial charge in [0.2, 0.25) is 0 Å². The smallest absolute Gasteiger partial charge is 0.261 e. The van der Waals surface area contributed by atoms with Crippen LogP contribution < -0.4 is 5.23 Å². The van der Waals surface area contributed by atoms with Crippen LogP contribution in [0.3, 0.4) is 0 Å². The van der Waals surface area contributed by atoms with E-state index in [0.717, 1.165) is 25.9 Å². The van der Waals surface area contributed by atoms with Gasteiger partial charge in [-0.05, 0) is 49.5 Å². The van der Waals surface area contributed by atoms with Crippen molar-refractivity contribution in [3.63, 3.8) is 0 Å². The number of anilines is 1. The Kier molecular flexibility index (Phi) is 3.91. The third-order valence-corrected chi connectivity index (χ3v) is 4.97. The van der Waals surface area contributed by atoms with E-state index in [-0.39, 0.29) is 22.4 Å². The van der Waals surface area contributed by atoms with E-state index in [9.17, 15) is 20.0 Å². The van der Waals surface area contributed by atoms with Crippen LogP contribution in [0.4, 0.5) is 5.69 Å². The molecule has 4 rings (SSSR count). The van der Waals surface area contributed by atoms with Crippen LogP contribution >= 0.6 is 0 Å². The molecule has 2 aromatic carbocycles. The highest BCUT2D eigenvalue weighted by Gasteiger charge is 2.33. The SMILES string of the molecule is O=C1c2cccc3cc(N([O-])O)cc(c23)C(=O)N1CCN1CCCC1. The fourth-order valence-corrected chi connectivity index (χ4v) is 3.70. The Morgan fingerprint density at radius 2 is 1.76 bits per heavy atom. The van der Waals surface area contributed by atoms with Crippen LogP contribution in [0.15, 0.2) is 30.3 Å². The van der Waals surface area contributed by atoms with Gasteiger partial charge in [0, 0.05) is 24.0 Å². The molecule has 2 aliphatic heterocycles. The minimum atomic E-state index is -0.420. The summed E-state index contributed by atoms with van der Waals surface area (Å²) in [6.07, 6.45) is 2.28. The summed E-state index contributed by atoms with van der Waals surface area (Å²) in [5, 5.41) is 21.4. The first-order valence-corrected chi connectivity index (χ1v) is 8.38. The summed E-state index contributed by atoms with van der Waals surface area (Å²) < 4.78 is 0. The van der Waals surface area contributed by atoms with Crippen molar-refractivity contribution < 1.29 is 14.8 Å². The van der Waals surface area contributed by atoms with Gasteiger partial charge in [-0.25, -0.2) is 0 Å². The zero-order valence-electron chi connectivity index (χ0n) is 13.6. The average molecular weight is 340 g/mol. The van der Waals surface area contributed by atoms with Crippen molar-refractivity contribution in [3.05, 3.63) is 46.7 Å². The van der Waals surface area contributed by atoms with Crippen LogP contribution in [0.5, 0.6) is 0 Å². The second-order valence-electron chi connectivity index (χ2n) is 6.48. The standard InChI is InChI=1S/C18H18N3O4/c22-17-14-5-3-4-12-10-13(21(24)25)11-15(16(12)14)18(23)20(17)9-8-19-6-1-2-7-19/h3-5,10-11,24H,1-2,6-9H2/q-1. The molecular weight excluding hydrogens is 322 g/mol. The van der Waals surface area contributed by atoms with E-state index in [1.165, 1.54) is 17.0 Å². The minimum Gasteiger partial charge on any atom is -0.733 e. The summed E-state index contributed by atoms with van der Waals surface area (Å²) in [5.41, 5.74) is 0.705. The van der Waals surface area contributed by atoms with Crippen LogP contribution in [0.1, 0.15) is 33.6 Å². The molecule has 0 spiro atoms. The number of imide groups is 1. The Morgan fingerprint density at radius 1 is 1.04 bits per heavy atom. The molecule has 0 aromatic heterocycles. The molecule has 2 amide bonds. The summed E-state index contributed by atoms with van der Waals surface area (Å²) in [6.45, 7) is 2.94. The Balaban J connectivity index is 1.74.